The van der Waals surface area contributed by atoms with Gasteiger partial charge in [-0.3, -0.25) is 4.98 Å². The topological polar surface area (TPSA) is 38.9 Å². The first-order chi connectivity index (χ1) is 6.40. The van der Waals surface area contributed by atoms with Gasteiger partial charge in [-0.2, -0.15) is 0 Å². The summed E-state index contributed by atoms with van der Waals surface area (Å²) in [6.07, 6.45) is 1.80. The number of hydrogen-bond donors (Lipinski definition) is 1. The van der Waals surface area contributed by atoms with Crippen LogP contribution in [0.4, 0.5) is 0 Å². The fourth-order valence-electron chi connectivity index (χ4n) is 1.13. The Bertz CT molecular complexity index is 381. The molecule has 2 N–H and O–H groups in total. The summed E-state index contributed by atoms with van der Waals surface area (Å²) < 4.78 is 0. The van der Waals surface area contributed by atoms with E-state index in [9.17, 15) is 0 Å². The number of rotatable bonds is 2. The summed E-state index contributed by atoms with van der Waals surface area (Å²) in [4.78, 5) is 5.45. The molecule has 0 aliphatic rings. The molecule has 0 unspecified atom stereocenters. The Morgan fingerprint density at radius 2 is 2.31 bits per heavy atom. The molecule has 2 nitrogen and oxygen atoms in total. The largest absolute Gasteiger partial charge is 0.326 e. The van der Waals surface area contributed by atoms with Gasteiger partial charge in [-0.1, -0.05) is 6.07 Å². The van der Waals surface area contributed by atoms with Crippen LogP contribution >= 0.6 is 11.3 Å². The molecule has 0 aliphatic carbocycles. The van der Waals surface area contributed by atoms with E-state index in [1.165, 1.54) is 10.4 Å². The Kier molecular flexibility index (Phi) is 2.38. The Hall–Kier alpha value is -1.19. The van der Waals surface area contributed by atoms with Crippen LogP contribution in [0.2, 0.25) is 0 Å². The Morgan fingerprint density at radius 1 is 1.38 bits per heavy atom. The maximum Gasteiger partial charge on any atom is 0.0801 e. The van der Waals surface area contributed by atoms with Crippen molar-refractivity contribution in [1.82, 2.24) is 4.98 Å². The van der Waals surface area contributed by atoms with E-state index in [4.69, 9.17) is 5.73 Å². The maximum absolute atomic E-state index is 5.53. The molecule has 0 aromatic carbocycles. The average molecular weight is 190 g/mol. The smallest absolute Gasteiger partial charge is 0.0801 e. The van der Waals surface area contributed by atoms with Crippen LogP contribution in [-0.2, 0) is 6.54 Å². The monoisotopic (exact) mass is 190 g/mol. The van der Waals surface area contributed by atoms with Crippen LogP contribution in [-0.4, -0.2) is 4.98 Å². The van der Waals surface area contributed by atoms with Crippen LogP contribution < -0.4 is 5.73 Å². The van der Waals surface area contributed by atoms with Gasteiger partial charge < -0.3 is 5.73 Å². The van der Waals surface area contributed by atoms with Gasteiger partial charge in [-0.15, -0.1) is 11.3 Å². The lowest BCUT2D eigenvalue weighted by molar-refractivity contribution is 1.08. The standard InChI is InChI=1S/C10H10N2S/c11-6-8-5-10(13-7-8)9-3-1-2-4-12-9/h1-5,7H,6,11H2. The van der Waals surface area contributed by atoms with E-state index in [-0.39, 0.29) is 0 Å². The van der Waals surface area contributed by atoms with Gasteiger partial charge in [0.25, 0.3) is 0 Å². The molecule has 0 aliphatic heterocycles. The molecule has 0 fully saturated rings. The highest BCUT2D eigenvalue weighted by Gasteiger charge is 2.01. The summed E-state index contributed by atoms with van der Waals surface area (Å²) in [5.74, 6) is 0. The van der Waals surface area contributed by atoms with Gasteiger partial charge in [0.1, 0.15) is 0 Å². The van der Waals surface area contributed by atoms with E-state index in [2.05, 4.69) is 16.4 Å². The number of pyridine rings is 1. The second-order valence-corrected chi connectivity index (χ2v) is 3.65. The van der Waals surface area contributed by atoms with Crippen molar-refractivity contribution in [3.05, 3.63) is 41.4 Å². The van der Waals surface area contributed by atoms with Crippen molar-refractivity contribution in [3.63, 3.8) is 0 Å². The summed E-state index contributed by atoms with van der Waals surface area (Å²) in [5, 5.41) is 2.07. The normalized spacial score (nSPS) is 10.2. The molecule has 0 amide bonds. The van der Waals surface area contributed by atoms with E-state index in [0.717, 1.165) is 5.69 Å². The molecular weight excluding hydrogens is 180 g/mol. The number of hydrogen-bond acceptors (Lipinski definition) is 3. The van der Waals surface area contributed by atoms with Crippen LogP contribution in [0.25, 0.3) is 10.6 Å². The van der Waals surface area contributed by atoms with Crippen LogP contribution in [0.1, 0.15) is 5.56 Å². The molecule has 0 saturated carbocycles. The fourth-order valence-corrected chi connectivity index (χ4v) is 2.03. The van der Waals surface area contributed by atoms with E-state index < -0.39 is 0 Å². The van der Waals surface area contributed by atoms with Crippen LogP contribution in [0, 0.1) is 0 Å². The Morgan fingerprint density at radius 3 is 2.92 bits per heavy atom. The van der Waals surface area contributed by atoms with Crippen molar-refractivity contribution < 1.29 is 0 Å². The minimum absolute atomic E-state index is 0.601. The highest BCUT2D eigenvalue weighted by atomic mass is 32.1. The minimum Gasteiger partial charge on any atom is -0.326 e. The molecule has 0 atom stereocenters. The fraction of sp³-hybridized carbons (Fsp3) is 0.100. The number of nitrogens with two attached hydrogens (primary N) is 1. The summed E-state index contributed by atoms with van der Waals surface area (Å²) >= 11 is 1.68. The molecule has 66 valence electrons. The number of nitrogens with zero attached hydrogens (tertiary/aromatic N) is 1. The van der Waals surface area contributed by atoms with Gasteiger partial charge in [-0.05, 0) is 29.1 Å². The molecule has 2 rings (SSSR count). The zero-order valence-corrected chi connectivity index (χ0v) is 7.92. The van der Waals surface area contributed by atoms with E-state index in [0.29, 0.717) is 6.54 Å². The zero-order valence-electron chi connectivity index (χ0n) is 7.10. The third kappa shape index (κ3) is 1.76. The molecule has 0 bridgehead atoms. The summed E-state index contributed by atoms with van der Waals surface area (Å²) in [7, 11) is 0. The molecule has 2 aromatic heterocycles. The Labute approximate surface area is 81.1 Å². The molecule has 2 aromatic rings. The first kappa shape index (κ1) is 8.41. The number of thiophene rings is 1. The van der Waals surface area contributed by atoms with Crippen molar-refractivity contribution >= 4 is 11.3 Å². The first-order valence-electron chi connectivity index (χ1n) is 4.09. The predicted molar refractivity (Wildman–Crippen MR) is 55.4 cm³/mol. The molecule has 13 heavy (non-hydrogen) atoms. The quantitative estimate of drug-likeness (QED) is 0.789. The third-order valence-electron chi connectivity index (χ3n) is 1.81. The third-order valence-corrected chi connectivity index (χ3v) is 2.81. The average Bonchev–Trinajstić information content (AvgIpc) is 2.67. The van der Waals surface area contributed by atoms with Gasteiger partial charge in [0, 0.05) is 12.7 Å². The molecule has 0 radical (unpaired) electrons. The van der Waals surface area contributed by atoms with Crippen molar-refractivity contribution in [3.8, 4) is 10.6 Å². The van der Waals surface area contributed by atoms with Crippen molar-refractivity contribution in [2.75, 3.05) is 0 Å². The second-order valence-electron chi connectivity index (χ2n) is 2.74. The highest BCUT2D eigenvalue weighted by Crippen LogP contribution is 2.24. The lowest BCUT2D eigenvalue weighted by Crippen LogP contribution is -1.92. The lowest BCUT2D eigenvalue weighted by Gasteiger charge is -1.93. The van der Waals surface area contributed by atoms with E-state index in [1.54, 1.807) is 17.5 Å². The van der Waals surface area contributed by atoms with Gasteiger partial charge in [0.15, 0.2) is 0 Å². The predicted octanol–water partition coefficient (Wildman–Crippen LogP) is 2.27. The summed E-state index contributed by atoms with van der Waals surface area (Å²) in [6, 6.07) is 8.00. The van der Waals surface area contributed by atoms with Crippen molar-refractivity contribution in [1.29, 1.82) is 0 Å². The maximum atomic E-state index is 5.53. The van der Waals surface area contributed by atoms with Crippen LogP contribution in [0.3, 0.4) is 0 Å². The van der Waals surface area contributed by atoms with Crippen molar-refractivity contribution in [2.45, 2.75) is 6.54 Å². The van der Waals surface area contributed by atoms with Gasteiger partial charge in [-0.25, -0.2) is 0 Å². The minimum atomic E-state index is 0.601. The SMILES string of the molecule is NCc1csc(-c2ccccn2)c1. The van der Waals surface area contributed by atoms with Gasteiger partial charge in [0.05, 0.1) is 10.6 Å². The molecular formula is C10H10N2S. The molecule has 0 saturated heterocycles. The second kappa shape index (κ2) is 3.68. The van der Waals surface area contributed by atoms with E-state index >= 15 is 0 Å². The van der Waals surface area contributed by atoms with Crippen LogP contribution in [0.5, 0.6) is 0 Å². The van der Waals surface area contributed by atoms with Crippen molar-refractivity contribution in [2.24, 2.45) is 5.73 Å². The van der Waals surface area contributed by atoms with Gasteiger partial charge >= 0.3 is 0 Å². The zero-order chi connectivity index (χ0) is 9.10. The van der Waals surface area contributed by atoms with Gasteiger partial charge in [0.2, 0.25) is 0 Å². The Balaban J connectivity index is 2.36. The molecule has 3 heteroatoms. The van der Waals surface area contributed by atoms with Crippen LogP contribution in [0.15, 0.2) is 35.8 Å². The number of aromatic nitrogens is 1. The summed E-state index contributed by atoms with van der Waals surface area (Å²) in [5.41, 5.74) is 7.72. The van der Waals surface area contributed by atoms with E-state index in [1.807, 2.05) is 18.2 Å². The lowest BCUT2D eigenvalue weighted by atomic mass is 10.2. The molecule has 2 heterocycles. The highest BCUT2D eigenvalue weighted by molar-refractivity contribution is 7.13. The summed E-state index contributed by atoms with van der Waals surface area (Å²) in [6.45, 7) is 0.601. The first-order valence-corrected chi connectivity index (χ1v) is 4.97. The molecule has 0 spiro atoms.